The first-order chi connectivity index (χ1) is 9.95. The highest BCUT2D eigenvalue weighted by Gasteiger charge is 2.28. The van der Waals surface area contributed by atoms with Crippen LogP contribution in [0.5, 0.6) is 0 Å². The summed E-state index contributed by atoms with van der Waals surface area (Å²) in [6.45, 7) is 8.33. The number of ether oxygens (including phenoxy) is 1. The Morgan fingerprint density at radius 2 is 2.14 bits per heavy atom. The van der Waals surface area contributed by atoms with E-state index in [9.17, 15) is 9.59 Å². The van der Waals surface area contributed by atoms with Gasteiger partial charge >= 0.3 is 12.0 Å². The normalized spacial score (nSPS) is 20.4. The molecule has 1 fully saturated rings. The molecule has 2 unspecified atom stereocenters. The lowest BCUT2D eigenvalue weighted by molar-refractivity contribution is -0.143. The second-order valence-corrected chi connectivity index (χ2v) is 5.88. The molecule has 0 saturated carbocycles. The fourth-order valence-corrected chi connectivity index (χ4v) is 2.62. The molecule has 0 bridgehead atoms. The molecule has 21 heavy (non-hydrogen) atoms. The Morgan fingerprint density at radius 1 is 1.43 bits per heavy atom. The molecule has 1 aliphatic heterocycles. The number of likely N-dealkylation sites (tertiary alicyclic amines) is 1. The van der Waals surface area contributed by atoms with E-state index in [1.165, 1.54) is 0 Å². The van der Waals surface area contributed by atoms with Crippen LogP contribution in [0.25, 0.3) is 0 Å². The SMILES string of the molecule is CCOC(CCNC(=O)N1CCCC(C(=O)O)C1)C(C)C. The van der Waals surface area contributed by atoms with Gasteiger partial charge in [-0.15, -0.1) is 0 Å². The number of carbonyl (C=O) groups is 2. The van der Waals surface area contributed by atoms with Gasteiger partial charge in [0.2, 0.25) is 0 Å². The molecule has 0 aliphatic carbocycles. The molecular formula is C15H28N2O4. The molecule has 0 radical (unpaired) electrons. The number of aliphatic carboxylic acids is 1. The number of amides is 2. The van der Waals surface area contributed by atoms with E-state index in [1.54, 1.807) is 4.90 Å². The molecule has 122 valence electrons. The summed E-state index contributed by atoms with van der Waals surface area (Å²) in [5.74, 6) is -0.840. The van der Waals surface area contributed by atoms with E-state index in [0.29, 0.717) is 38.6 Å². The van der Waals surface area contributed by atoms with Crippen molar-refractivity contribution in [2.75, 3.05) is 26.2 Å². The number of piperidine rings is 1. The molecule has 1 saturated heterocycles. The van der Waals surface area contributed by atoms with Gasteiger partial charge < -0.3 is 20.1 Å². The summed E-state index contributed by atoms with van der Waals surface area (Å²) < 4.78 is 5.64. The van der Waals surface area contributed by atoms with Crippen LogP contribution in [-0.2, 0) is 9.53 Å². The zero-order chi connectivity index (χ0) is 15.8. The van der Waals surface area contributed by atoms with Crippen molar-refractivity contribution in [3.63, 3.8) is 0 Å². The van der Waals surface area contributed by atoms with Gasteiger partial charge in [0.05, 0.1) is 12.0 Å². The zero-order valence-electron chi connectivity index (χ0n) is 13.3. The number of carbonyl (C=O) groups excluding carboxylic acids is 1. The van der Waals surface area contributed by atoms with E-state index in [2.05, 4.69) is 19.2 Å². The van der Waals surface area contributed by atoms with Crippen LogP contribution >= 0.6 is 0 Å². The third kappa shape index (κ3) is 5.91. The van der Waals surface area contributed by atoms with E-state index in [1.807, 2.05) is 6.92 Å². The highest BCUT2D eigenvalue weighted by Crippen LogP contribution is 2.16. The smallest absolute Gasteiger partial charge is 0.317 e. The minimum Gasteiger partial charge on any atom is -0.481 e. The van der Waals surface area contributed by atoms with Crippen LogP contribution in [0.4, 0.5) is 4.79 Å². The third-order valence-electron chi connectivity index (χ3n) is 3.89. The van der Waals surface area contributed by atoms with Crippen LogP contribution in [0.3, 0.4) is 0 Å². The van der Waals surface area contributed by atoms with Gasteiger partial charge in [-0.2, -0.15) is 0 Å². The van der Waals surface area contributed by atoms with E-state index in [4.69, 9.17) is 9.84 Å². The summed E-state index contributed by atoms with van der Waals surface area (Å²) in [6, 6.07) is -0.167. The van der Waals surface area contributed by atoms with Crippen LogP contribution in [0, 0.1) is 11.8 Å². The molecule has 6 heteroatoms. The summed E-state index contributed by atoms with van der Waals surface area (Å²) in [5.41, 5.74) is 0. The van der Waals surface area contributed by atoms with Crippen molar-refractivity contribution >= 4 is 12.0 Å². The number of carboxylic acid groups (broad SMARTS) is 1. The molecule has 1 rings (SSSR count). The Balaban J connectivity index is 2.34. The van der Waals surface area contributed by atoms with Gasteiger partial charge in [-0.3, -0.25) is 4.79 Å². The Hall–Kier alpha value is -1.30. The first-order valence-electron chi connectivity index (χ1n) is 7.82. The summed E-state index contributed by atoms with van der Waals surface area (Å²) in [4.78, 5) is 24.7. The number of hydrogen-bond donors (Lipinski definition) is 2. The van der Waals surface area contributed by atoms with E-state index < -0.39 is 11.9 Å². The Morgan fingerprint density at radius 3 is 2.71 bits per heavy atom. The quantitative estimate of drug-likeness (QED) is 0.753. The van der Waals surface area contributed by atoms with Crippen LogP contribution < -0.4 is 5.32 Å². The zero-order valence-corrected chi connectivity index (χ0v) is 13.3. The highest BCUT2D eigenvalue weighted by atomic mass is 16.5. The van der Waals surface area contributed by atoms with Gasteiger partial charge in [0, 0.05) is 26.2 Å². The Labute approximate surface area is 126 Å². The van der Waals surface area contributed by atoms with Crippen LogP contribution in [0.15, 0.2) is 0 Å². The van der Waals surface area contributed by atoms with Gasteiger partial charge in [0.25, 0.3) is 0 Å². The van der Waals surface area contributed by atoms with Gasteiger partial charge in [-0.1, -0.05) is 13.8 Å². The average molecular weight is 300 g/mol. The first-order valence-corrected chi connectivity index (χ1v) is 7.82. The van der Waals surface area contributed by atoms with Crippen molar-refractivity contribution in [3.8, 4) is 0 Å². The van der Waals surface area contributed by atoms with Crippen molar-refractivity contribution < 1.29 is 19.4 Å². The van der Waals surface area contributed by atoms with Gasteiger partial charge in [-0.05, 0) is 32.1 Å². The van der Waals surface area contributed by atoms with Crippen molar-refractivity contribution in [1.29, 1.82) is 0 Å². The maximum absolute atomic E-state index is 12.1. The predicted octanol–water partition coefficient (Wildman–Crippen LogP) is 1.94. The molecule has 1 heterocycles. The highest BCUT2D eigenvalue weighted by molar-refractivity contribution is 5.76. The molecule has 0 spiro atoms. The van der Waals surface area contributed by atoms with E-state index in [0.717, 1.165) is 12.8 Å². The number of urea groups is 1. The Bertz CT molecular complexity index is 347. The standard InChI is InChI=1S/C15H28N2O4/c1-4-21-13(11(2)3)7-8-16-15(20)17-9-5-6-12(10-17)14(18)19/h11-13H,4-10H2,1-3H3,(H,16,20)(H,18,19). The van der Waals surface area contributed by atoms with Gasteiger partial charge in [0.1, 0.15) is 0 Å². The third-order valence-corrected chi connectivity index (χ3v) is 3.89. The topological polar surface area (TPSA) is 78.9 Å². The Kier molecular flexibility index (Phi) is 7.50. The van der Waals surface area contributed by atoms with Crippen LogP contribution in [-0.4, -0.2) is 54.4 Å². The maximum Gasteiger partial charge on any atom is 0.317 e. The predicted molar refractivity (Wildman–Crippen MR) is 80.2 cm³/mol. The lowest BCUT2D eigenvalue weighted by Crippen LogP contribution is -2.47. The lowest BCUT2D eigenvalue weighted by atomic mass is 9.99. The monoisotopic (exact) mass is 300 g/mol. The number of nitrogens with one attached hydrogen (secondary N) is 1. The number of rotatable bonds is 7. The van der Waals surface area contributed by atoms with Crippen molar-refractivity contribution in [1.82, 2.24) is 10.2 Å². The minimum atomic E-state index is -0.816. The van der Waals surface area contributed by atoms with E-state index >= 15 is 0 Å². The molecule has 0 aromatic heterocycles. The fourth-order valence-electron chi connectivity index (χ4n) is 2.62. The van der Waals surface area contributed by atoms with Gasteiger partial charge in [0.15, 0.2) is 0 Å². The number of hydrogen-bond acceptors (Lipinski definition) is 3. The largest absolute Gasteiger partial charge is 0.481 e. The maximum atomic E-state index is 12.1. The summed E-state index contributed by atoms with van der Waals surface area (Å²) in [5, 5.41) is 11.9. The molecule has 2 amide bonds. The number of carboxylic acids is 1. The average Bonchev–Trinajstić information content (AvgIpc) is 2.46. The van der Waals surface area contributed by atoms with Crippen molar-refractivity contribution in [2.45, 2.75) is 46.1 Å². The first kappa shape index (κ1) is 17.8. The summed E-state index contributed by atoms with van der Waals surface area (Å²) in [7, 11) is 0. The van der Waals surface area contributed by atoms with Crippen molar-refractivity contribution in [3.05, 3.63) is 0 Å². The van der Waals surface area contributed by atoms with Crippen LogP contribution in [0.1, 0.15) is 40.0 Å². The molecular weight excluding hydrogens is 272 g/mol. The lowest BCUT2D eigenvalue weighted by Gasteiger charge is -2.31. The minimum absolute atomic E-state index is 0.142. The second-order valence-electron chi connectivity index (χ2n) is 5.88. The van der Waals surface area contributed by atoms with Crippen molar-refractivity contribution in [2.24, 2.45) is 11.8 Å². The molecule has 0 aromatic carbocycles. The summed E-state index contributed by atoms with van der Waals surface area (Å²) in [6.07, 6.45) is 2.31. The molecule has 2 atom stereocenters. The fraction of sp³-hybridized carbons (Fsp3) is 0.867. The molecule has 1 aliphatic rings. The summed E-state index contributed by atoms with van der Waals surface area (Å²) >= 11 is 0. The number of nitrogens with zero attached hydrogens (tertiary/aromatic N) is 1. The van der Waals surface area contributed by atoms with Gasteiger partial charge in [-0.25, -0.2) is 4.79 Å². The molecule has 0 aromatic rings. The van der Waals surface area contributed by atoms with Crippen LogP contribution in [0.2, 0.25) is 0 Å². The molecule has 2 N–H and O–H groups in total. The second kappa shape index (κ2) is 8.87. The molecule has 6 nitrogen and oxygen atoms in total. The van der Waals surface area contributed by atoms with E-state index in [-0.39, 0.29) is 12.1 Å².